The third-order valence-electron chi connectivity index (χ3n) is 2.68. The smallest absolute Gasteiger partial charge is 0.133 e. The van der Waals surface area contributed by atoms with Gasteiger partial charge in [-0.15, -0.1) is 23.2 Å². The lowest BCUT2D eigenvalue weighted by Crippen LogP contribution is -2.58. The predicted molar refractivity (Wildman–Crippen MR) is 59.2 cm³/mol. The number of ether oxygens (including phenoxy) is 2. The summed E-state index contributed by atoms with van der Waals surface area (Å²) in [7, 11) is 3.21. The van der Waals surface area contributed by atoms with E-state index in [1.165, 1.54) is 0 Å². The molecule has 4 heteroatoms. The number of rotatable bonds is 4. The van der Waals surface area contributed by atoms with Gasteiger partial charge in [0.05, 0.1) is 11.8 Å². The topological polar surface area (TPSA) is 18.5 Å². The lowest BCUT2D eigenvalue weighted by atomic mass is 9.81. The van der Waals surface area contributed by atoms with Gasteiger partial charge in [-0.25, -0.2) is 0 Å². The van der Waals surface area contributed by atoms with Gasteiger partial charge in [0.25, 0.3) is 0 Å². The van der Waals surface area contributed by atoms with Crippen molar-refractivity contribution >= 4 is 23.2 Å². The molecular formula is C10H14Cl2O2. The number of allylic oxidation sites excluding steroid dienone is 2. The van der Waals surface area contributed by atoms with Crippen LogP contribution in [-0.4, -0.2) is 37.2 Å². The lowest BCUT2D eigenvalue weighted by molar-refractivity contribution is -0.110. The van der Waals surface area contributed by atoms with Crippen LogP contribution in [0.3, 0.4) is 0 Å². The molecule has 0 aromatic carbocycles. The zero-order chi connectivity index (χ0) is 10.7. The van der Waals surface area contributed by atoms with Crippen molar-refractivity contribution < 1.29 is 9.47 Å². The average molecular weight is 237 g/mol. The van der Waals surface area contributed by atoms with Crippen molar-refractivity contribution in [2.75, 3.05) is 26.0 Å². The molecule has 0 saturated carbocycles. The van der Waals surface area contributed by atoms with Crippen molar-refractivity contribution in [2.45, 2.75) is 11.2 Å². The van der Waals surface area contributed by atoms with Gasteiger partial charge < -0.3 is 9.47 Å². The van der Waals surface area contributed by atoms with Crippen molar-refractivity contribution in [3.63, 3.8) is 0 Å². The van der Waals surface area contributed by atoms with Gasteiger partial charge in [-0.3, -0.25) is 0 Å². The molecule has 1 aliphatic carbocycles. The fourth-order valence-corrected chi connectivity index (χ4v) is 2.46. The Bertz CT molecular complexity index is 215. The summed E-state index contributed by atoms with van der Waals surface area (Å²) in [5.41, 5.74) is -1.36. The molecule has 2 nitrogen and oxygen atoms in total. The van der Waals surface area contributed by atoms with Gasteiger partial charge >= 0.3 is 0 Å². The van der Waals surface area contributed by atoms with E-state index in [1.807, 2.05) is 24.3 Å². The zero-order valence-corrected chi connectivity index (χ0v) is 9.81. The minimum absolute atomic E-state index is 0.297. The summed E-state index contributed by atoms with van der Waals surface area (Å²) in [6.45, 7) is 0. The summed E-state index contributed by atoms with van der Waals surface area (Å²) in [5.74, 6) is 0.593. The molecule has 0 saturated heterocycles. The highest BCUT2D eigenvalue weighted by molar-refractivity contribution is 6.20. The average Bonchev–Trinajstić information content (AvgIpc) is 2.28. The Morgan fingerprint density at radius 2 is 1.29 bits per heavy atom. The Hall–Kier alpha value is -0.0200. The van der Waals surface area contributed by atoms with Gasteiger partial charge in [0.2, 0.25) is 0 Å². The van der Waals surface area contributed by atoms with Crippen LogP contribution in [0.25, 0.3) is 0 Å². The number of alkyl halides is 2. The van der Waals surface area contributed by atoms with Crippen molar-refractivity contribution in [3.8, 4) is 0 Å². The Kier molecular flexibility index (Phi) is 4.02. The first-order valence-electron chi connectivity index (χ1n) is 4.29. The molecule has 0 aliphatic heterocycles. The Morgan fingerprint density at radius 1 is 0.929 bits per heavy atom. The number of hydrogen-bond donors (Lipinski definition) is 0. The predicted octanol–water partition coefficient (Wildman–Crippen LogP) is 2.36. The molecule has 1 aliphatic rings. The number of hydrogen-bond acceptors (Lipinski definition) is 2. The molecule has 1 rings (SSSR count). The van der Waals surface area contributed by atoms with Crippen LogP contribution in [0.15, 0.2) is 24.3 Å². The molecule has 0 aromatic rings. The van der Waals surface area contributed by atoms with E-state index >= 15 is 0 Å². The summed E-state index contributed by atoms with van der Waals surface area (Å²) in [6, 6.07) is 0. The van der Waals surface area contributed by atoms with Crippen LogP contribution in [0.5, 0.6) is 0 Å². The summed E-state index contributed by atoms with van der Waals surface area (Å²) < 4.78 is 10.9. The number of halogens is 2. The summed E-state index contributed by atoms with van der Waals surface area (Å²) in [4.78, 5) is 0. The van der Waals surface area contributed by atoms with E-state index in [1.54, 1.807) is 14.2 Å². The van der Waals surface area contributed by atoms with E-state index in [-0.39, 0.29) is 0 Å². The van der Waals surface area contributed by atoms with Crippen molar-refractivity contribution in [3.05, 3.63) is 24.3 Å². The maximum absolute atomic E-state index is 5.93. The quantitative estimate of drug-likeness (QED) is 0.699. The highest BCUT2D eigenvalue weighted by Crippen LogP contribution is 2.36. The second-order valence-electron chi connectivity index (χ2n) is 3.17. The molecule has 0 N–H and O–H groups in total. The third-order valence-corrected chi connectivity index (χ3v) is 3.48. The molecule has 0 bridgehead atoms. The van der Waals surface area contributed by atoms with Crippen LogP contribution in [-0.2, 0) is 9.47 Å². The van der Waals surface area contributed by atoms with Crippen LogP contribution in [0.4, 0.5) is 0 Å². The second-order valence-corrected chi connectivity index (χ2v) is 3.71. The Balaban J connectivity index is 3.12. The zero-order valence-electron chi connectivity index (χ0n) is 8.30. The first-order valence-corrected chi connectivity index (χ1v) is 5.36. The first kappa shape index (κ1) is 12.1. The molecule has 2 atom stereocenters. The molecule has 0 fully saturated rings. The monoisotopic (exact) mass is 236 g/mol. The van der Waals surface area contributed by atoms with Crippen LogP contribution in [0, 0.1) is 0 Å². The van der Waals surface area contributed by atoms with Crippen molar-refractivity contribution in [1.29, 1.82) is 0 Å². The van der Waals surface area contributed by atoms with Gasteiger partial charge in [-0.05, 0) is 12.2 Å². The summed E-state index contributed by atoms with van der Waals surface area (Å²) in [5, 5.41) is 0. The molecular weight excluding hydrogens is 223 g/mol. The molecule has 0 aromatic heterocycles. The number of methoxy groups -OCH3 is 2. The van der Waals surface area contributed by atoms with Crippen molar-refractivity contribution in [2.24, 2.45) is 0 Å². The molecule has 80 valence electrons. The standard InChI is InChI=1S/C10H14Cl2O2/c1-13-9(7-11)5-3-4-6-10(9,8-12)14-2/h3-6H,7-8H2,1-2H3. The maximum Gasteiger partial charge on any atom is 0.133 e. The van der Waals surface area contributed by atoms with Crippen LogP contribution in [0.1, 0.15) is 0 Å². The highest BCUT2D eigenvalue weighted by Gasteiger charge is 2.49. The fourth-order valence-electron chi connectivity index (χ4n) is 1.61. The van der Waals surface area contributed by atoms with Gasteiger partial charge in [0.15, 0.2) is 0 Å². The van der Waals surface area contributed by atoms with Crippen LogP contribution < -0.4 is 0 Å². The van der Waals surface area contributed by atoms with E-state index in [0.717, 1.165) is 0 Å². The molecule has 2 unspecified atom stereocenters. The van der Waals surface area contributed by atoms with Gasteiger partial charge in [-0.2, -0.15) is 0 Å². The lowest BCUT2D eigenvalue weighted by Gasteiger charge is -2.44. The minimum Gasteiger partial charge on any atom is -0.369 e. The molecule has 14 heavy (non-hydrogen) atoms. The van der Waals surface area contributed by atoms with Gasteiger partial charge in [0.1, 0.15) is 11.2 Å². The molecule has 0 radical (unpaired) electrons. The maximum atomic E-state index is 5.93. The summed E-state index contributed by atoms with van der Waals surface area (Å²) in [6.07, 6.45) is 7.53. The minimum atomic E-state index is -0.681. The van der Waals surface area contributed by atoms with E-state index in [2.05, 4.69) is 0 Å². The largest absolute Gasteiger partial charge is 0.369 e. The molecule has 0 spiro atoms. The normalized spacial score (nSPS) is 36.3. The second kappa shape index (κ2) is 4.67. The first-order chi connectivity index (χ1) is 6.70. The molecule has 0 amide bonds. The summed E-state index contributed by atoms with van der Waals surface area (Å²) >= 11 is 11.9. The highest BCUT2D eigenvalue weighted by atomic mass is 35.5. The fraction of sp³-hybridized carbons (Fsp3) is 0.600. The van der Waals surface area contributed by atoms with Crippen LogP contribution in [0.2, 0.25) is 0 Å². The third kappa shape index (κ3) is 1.61. The van der Waals surface area contributed by atoms with E-state index in [4.69, 9.17) is 32.7 Å². The molecule has 0 heterocycles. The van der Waals surface area contributed by atoms with Crippen molar-refractivity contribution in [1.82, 2.24) is 0 Å². The van der Waals surface area contributed by atoms with E-state index in [0.29, 0.717) is 11.8 Å². The van der Waals surface area contributed by atoms with Gasteiger partial charge in [0, 0.05) is 14.2 Å². The van der Waals surface area contributed by atoms with Crippen LogP contribution >= 0.6 is 23.2 Å². The Labute approximate surface area is 94.5 Å². The van der Waals surface area contributed by atoms with Gasteiger partial charge in [-0.1, -0.05) is 12.2 Å². The van der Waals surface area contributed by atoms with E-state index in [9.17, 15) is 0 Å². The van der Waals surface area contributed by atoms with E-state index < -0.39 is 11.2 Å². The SMILES string of the molecule is COC1(CCl)C=CC=CC1(CCl)OC. The Morgan fingerprint density at radius 3 is 1.50 bits per heavy atom.